The molecule has 0 saturated heterocycles. The van der Waals surface area contributed by atoms with Crippen molar-refractivity contribution in [3.8, 4) is 5.75 Å². The molecule has 7 nitrogen and oxygen atoms in total. The highest BCUT2D eigenvalue weighted by molar-refractivity contribution is 7.92. The van der Waals surface area contributed by atoms with Crippen LogP contribution < -0.4 is 14.4 Å². The fourth-order valence-corrected chi connectivity index (χ4v) is 4.55. The van der Waals surface area contributed by atoms with Crippen molar-refractivity contribution >= 4 is 27.3 Å². The third kappa shape index (κ3) is 4.69. The van der Waals surface area contributed by atoms with E-state index in [9.17, 15) is 13.2 Å². The monoisotopic (exact) mass is 437 g/mol. The number of ether oxygens (including phenoxy) is 1. The summed E-state index contributed by atoms with van der Waals surface area (Å²) < 4.78 is 32.2. The van der Waals surface area contributed by atoms with Crippen molar-refractivity contribution in [3.63, 3.8) is 0 Å². The molecule has 1 amide bonds. The molecule has 31 heavy (non-hydrogen) atoms. The molecule has 2 aromatic carbocycles. The summed E-state index contributed by atoms with van der Waals surface area (Å²) in [5.41, 5.74) is 3.33. The number of rotatable bonds is 6. The fraction of sp³-hybridized carbons (Fsp3) is 0.217. The molecule has 1 aliphatic heterocycles. The van der Waals surface area contributed by atoms with Crippen molar-refractivity contribution in [1.29, 1.82) is 0 Å². The summed E-state index contributed by atoms with van der Waals surface area (Å²) in [5, 5.41) is 2.83. The Labute approximate surface area is 181 Å². The number of hydrogen-bond donors (Lipinski definition) is 1. The number of para-hydroxylation sites is 2. The van der Waals surface area contributed by atoms with Crippen LogP contribution in [0.25, 0.3) is 0 Å². The van der Waals surface area contributed by atoms with Crippen LogP contribution >= 0.6 is 0 Å². The zero-order chi connectivity index (χ0) is 21.8. The van der Waals surface area contributed by atoms with Gasteiger partial charge in [-0.15, -0.1) is 0 Å². The first-order valence-electron chi connectivity index (χ1n) is 10.0. The Morgan fingerprint density at radius 2 is 1.74 bits per heavy atom. The first-order valence-corrected chi connectivity index (χ1v) is 11.6. The van der Waals surface area contributed by atoms with Crippen LogP contribution in [-0.4, -0.2) is 37.7 Å². The van der Waals surface area contributed by atoms with Crippen molar-refractivity contribution in [2.24, 2.45) is 0 Å². The second-order valence-electron chi connectivity index (χ2n) is 7.22. The van der Waals surface area contributed by atoms with E-state index in [4.69, 9.17) is 4.74 Å². The first-order chi connectivity index (χ1) is 15.0. The molecule has 0 aliphatic carbocycles. The van der Waals surface area contributed by atoms with Gasteiger partial charge in [0, 0.05) is 18.1 Å². The van der Waals surface area contributed by atoms with Crippen molar-refractivity contribution in [1.82, 2.24) is 4.98 Å². The largest absolute Gasteiger partial charge is 0.476 e. The van der Waals surface area contributed by atoms with E-state index in [0.717, 1.165) is 17.5 Å². The van der Waals surface area contributed by atoms with Crippen LogP contribution in [0.1, 0.15) is 18.1 Å². The lowest BCUT2D eigenvalue weighted by molar-refractivity contribution is -0.122. The molecule has 0 fully saturated rings. The molecule has 8 heteroatoms. The van der Waals surface area contributed by atoms with Crippen molar-refractivity contribution < 1.29 is 17.9 Å². The molecule has 1 atom stereocenters. The molecular formula is C23H23N3O4S. The fourth-order valence-electron chi connectivity index (χ4n) is 3.42. The van der Waals surface area contributed by atoms with Gasteiger partial charge in [0.25, 0.3) is 5.91 Å². The second kappa shape index (κ2) is 8.77. The molecule has 1 aromatic heterocycles. The van der Waals surface area contributed by atoms with Crippen molar-refractivity contribution in [2.75, 3.05) is 21.9 Å². The number of aromatic nitrogens is 1. The summed E-state index contributed by atoms with van der Waals surface area (Å²) in [4.78, 5) is 16.9. The molecule has 0 bridgehead atoms. The van der Waals surface area contributed by atoms with Gasteiger partial charge < -0.3 is 10.1 Å². The van der Waals surface area contributed by atoms with Crippen molar-refractivity contribution in [3.05, 3.63) is 84.2 Å². The predicted molar refractivity (Wildman–Crippen MR) is 120 cm³/mol. The molecular weight excluding hydrogens is 414 g/mol. The smallest absolute Gasteiger partial charge is 0.267 e. The minimum absolute atomic E-state index is 0.0609. The quantitative estimate of drug-likeness (QED) is 0.640. The maximum atomic E-state index is 12.8. The third-order valence-corrected chi connectivity index (χ3v) is 6.85. The van der Waals surface area contributed by atoms with Crippen LogP contribution in [0, 0.1) is 0 Å². The lowest BCUT2D eigenvalue weighted by Gasteiger charge is -2.34. The molecule has 3 aromatic rings. The number of fused-ring (bicyclic) bond motifs is 1. The van der Waals surface area contributed by atoms with E-state index in [1.807, 2.05) is 36.4 Å². The lowest BCUT2D eigenvalue weighted by atomic mass is 10.1. The van der Waals surface area contributed by atoms with Gasteiger partial charge in [0.2, 0.25) is 10.0 Å². The van der Waals surface area contributed by atoms with Crippen LogP contribution in [0.5, 0.6) is 5.75 Å². The van der Waals surface area contributed by atoms with Crippen LogP contribution in [0.2, 0.25) is 0 Å². The van der Waals surface area contributed by atoms with E-state index in [1.165, 1.54) is 4.31 Å². The maximum absolute atomic E-state index is 12.8. The summed E-state index contributed by atoms with van der Waals surface area (Å²) in [6.07, 6.45) is 3.33. The summed E-state index contributed by atoms with van der Waals surface area (Å²) in [5.74, 6) is -0.0828. The Morgan fingerprint density at radius 1 is 1.06 bits per heavy atom. The van der Waals surface area contributed by atoms with Crippen LogP contribution in [0.3, 0.4) is 0 Å². The van der Waals surface area contributed by atoms with Gasteiger partial charge in [-0.05, 0) is 60.9 Å². The molecule has 4 rings (SSSR count). The van der Waals surface area contributed by atoms with Gasteiger partial charge in [-0.1, -0.05) is 24.3 Å². The van der Waals surface area contributed by atoms with Gasteiger partial charge >= 0.3 is 0 Å². The minimum Gasteiger partial charge on any atom is -0.476 e. The molecule has 0 spiro atoms. The minimum atomic E-state index is -3.54. The number of anilines is 2. The van der Waals surface area contributed by atoms with E-state index in [0.29, 0.717) is 17.1 Å². The predicted octanol–water partition coefficient (Wildman–Crippen LogP) is 3.23. The average molecular weight is 438 g/mol. The Kier molecular flexibility index (Phi) is 5.90. The molecule has 0 unspecified atom stereocenters. The van der Waals surface area contributed by atoms with Crippen molar-refractivity contribution in [2.45, 2.75) is 19.4 Å². The van der Waals surface area contributed by atoms with E-state index < -0.39 is 22.0 Å². The Balaban J connectivity index is 1.47. The van der Waals surface area contributed by atoms with E-state index >= 15 is 0 Å². The lowest BCUT2D eigenvalue weighted by Crippen LogP contribution is -2.49. The summed E-state index contributed by atoms with van der Waals surface area (Å²) in [6.45, 7) is 1.51. The zero-order valence-corrected chi connectivity index (χ0v) is 17.9. The van der Waals surface area contributed by atoms with Gasteiger partial charge in [-0.3, -0.25) is 14.1 Å². The normalized spacial score (nSPS) is 15.6. The molecule has 160 valence electrons. The standard InChI is InChI=1S/C23H23N3O4S/c1-2-31(28,29)26-16-22(30-21-6-4-3-5-20(21)26)23(27)25-19-9-7-17(8-10-19)15-18-11-13-24-14-12-18/h3-14,22H,2,15-16H2,1H3,(H,25,27)/t22-/m0/s1. The third-order valence-electron chi connectivity index (χ3n) is 5.11. The highest BCUT2D eigenvalue weighted by Crippen LogP contribution is 2.35. The zero-order valence-electron chi connectivity index (χ0n) is 17.1. The van der Waals surface area contributed by atoms with Gasteiger partial charge in [0.05, 0.1) is 18.0 Å². The summed E-state index contributed by atoms with van der Waals surface area (Å²) >= 11 is 0. The highest BCUT2D eigenvalue weighted by atomic mass is 32.2. The Bertz CT molecular complexity index is 1160. The van der Waals surface area contributed by atoms with Gasteiger partial charge in [0.1, 0.15) is 5.75 Å². The van der Waals surface area contributed by atoms with E-state index in [2.05, 4.69) is 10.3 Å². The average Bonchev–Trinajstić information content (AvgIpc) is 2.80. The number of sulfonamides is 1. The summed E-state index contributed by atoms with van der Waals surface area (Å²) in [6, 6.07) is 18.3. The molecule has 1 aliphatic rings. The number of pyridine rings is 1. The van der Waals surface area contributed by atoms with Crippen LogP contribution in [0.4, 0.5) is 11.4 Å². The Hall–Kier alpha value is -3.39. The number of carbonyl (C=O) groups is 1. The van der Waals surface area contributed by atoms with E-state index in [-0.39, 0.29) is 12.3 Å². The molecule has 1 N–H and O–H groups in total. The first kappa shape index (κ1) is 20.9. The number of amides is 1. The molecule has 2 heterocycles. The number of nitrogens with zero attached hydrogens (tertiary/aromatic N) is 2. The highest BCUT2D eigenvalue weighted by Gasteiger charge is 2.35. The van der Waals surface area contributed by atoms with Crippen LogP contribution in [-0.2, 0) is 21.2 Å². The summed E-state index contributed by atoms with van der Waals surface area (Å²) in [7, 11) is -3.54. The van der Waals surface area contributed by atoms with Gasteiger partial charge in [-0.25, -0.2) is 8.42 Å². The van der Waals surface area contributed by atoms with Gasteiger partial charge in [-0.2, -0.15) is 0 Å². The Morgan fingerprint density at radius 3 is 2.45 bits per heavy atom. The van der Waals surface area contributed by atoms with Gasteiger partial charge in [0.15, 0.2) is 6.10 Å². The van der Waals surface area contributed by atoms with E-state index in [1.54, 1.807) is 43.6 Å². The molecule has 0 radical (unpaired) electrons. The number of nitrogens with one attached hydrogen (secondary N) is 1. The second-order valence-corrected chi connectivity index (χ2v) is 9.41. The molecule has 0 saturated carbocycles. The number of hydrogen-bond acceptors (Lipinski definition) is 5. The maximum Gasteiger partial charge on any atom is 0.267 e. The topological polar surface area (TPSA) is 88.6 Å². The van der Waals surface area contributed by atoms with Crippen LogP contribution in [0.15, 0.2) is 73.1 Å². The number of carbonyl (C=O) groups excluding carboxylic acids is 1. The SMILES string of the molecule is CCS(=O)(=O)N1C[C@@H](C(=O)Nc2ccc(Cc3ccncc3)cc2)Oc2ccccc21. The number of benzene rings is 2.